The van der Waals surface area contributed by atoms with Crippen molar-refractivity contribution in [2.24, 2.45) is 0 Å². The van der Waals surface area contributed by atoms with Crippen molar-refractivity contribution in [3.63, 3.8) is 0 Å². The number of ether oxygens (including phenoxy) is 2. The summed E-state index contributed by atoms with van der Waals surface area (Å²) in [7, 11) is 0. The van der Waals surface area contributed by atoms with Gasteiger partial charge in [0.25, 0.3) is 5.78 Å². The molecule has 2 heterocycles. The number of phenols is 3. The van der Waals surface area contributed by atoms with E-state index in [1.165, 1.54) is 6.07 Å². The molecule has 214 valence electrons. The van der Waals surface area contributed by atoms with Crippen molar-refractivity contribution >= 4 is 34.1 Å². The highest BCUT2D eigenvalue weighted by atomic mass is 16.6. The molecule has 0 fully saturated rings. The molecule has 0 saturated carbocycles. The molecule has 2 aromatic rings. The van der Waals surface area contributed by atoms with Crippen LogP contribution >= 0.6 is 0 Å². The Kier molecular flexibility index (Phi) is 7.00. The van der Waals surface area contributed by atoms with Crippen molar-refractivity contribution in [1.29, 1.82) is 0 Å². The number of aliphatic hydroxyl groups excluding tert-OH is 3. The lowest BCUT2D eigenvalue weighted by Gasteiger charge is -2.32. The molecule has 0 spiro atoms. The zero-order chi connectivity index (χ0) is 29.7. The van der Waals surface area contributed by atoms with Crippen LogP contribution in [0.25, 0.3) is 16.3 Å². The number of phenolic OH excluding ortho intramolecular Hbond substituents is 3. The third-order valence-electron chi connectivity index (χ3n) is 7.55. The smallest absolute Gasteiger partial charge is 0.347 e. The summed E-state index contributed by atoms with van der Waals surface area (Å²) in [5, 5.41) is 63.9. The van der Waals surface area contributed by atoms with Gasteiger partial charge in [0.15, 0.2) is 11.5 Å². The fourth-order valence-corrected chi connectivity index (χ4v) is 5.56. The normalized spacial score (nSPS) is 20.6. The van der Waals surface area contributed by atoms with Gasteiger partial charge >= 0.3 is 11.9 Å². The second-order valence-electron chi connectivity index (χ2n) is 10.2. The fraction of sp³-hybridized carbons (Fsp3) is 0.300. The third-order valence-corrected chi connectivity index (χ3v) is 7.55. The molecule has 0 saturated heterocycles. The first-order valence-electron chi connectivity index (χ1n) is 13.2. The first kappa shape index (κ1) is 27.8. The molecule has 0 radical (unpaired) electrons. The Hall–Kier alpha value is -4.77. The lowest BCUT2D eigenvalue weighted by molar-refractivity contribution is -0.141. The van der Waals surface area contributed by atoms with Crippen molar-refractivity contribution in [3.8, 4) is 17.2 Å². The Morgan fingerprint density at radius 1 is 0.902 bits per heavy atom. The van der Waals surface area contributed by atoms with Gasteiger partial charge in [0.1, 0.15) is 40.8 Å². The number of allylic oxidation sites excluding steroid dienone is 1. The van der Waals surface area contributed by atoms with Crippen LogP contribution in [0.15, 0.2) is 53.2 Å². The molecule has 0 amide bonds. The van der Waals surface area contributed by atoms with E-state index in [0.717, 1.165) is 37.8 Å². The second kappa shape index (κ2) is 10.3. The Morgan fingerprint density at radius 2 is 1.61 bits per heavy atom. The predicted octanol–water partition coefficient (Wildman–Crippen LogP) is 4.55. The number of aromatic hydroxyl groups is 3. The molecular weight excluding hydrogens is 536 g/mol. The zero-order valence-corrected chi connectivity index (χ0v) is 22.1. The number of carbonyl (C=O) groups is 3. The average Bonchev–Trinajstić information content (AvgIpc) is 2.91. The van der Waals surface area contributed by atoms with Gasteiger partial charge < -0.3 is 40.1 Å². The van der Waals surface area contributed by atoms with Crippen molar-refractivity contribution in [3.05, 3.63) is 69.9 Å². The van der Waals surface area contributed by atoms with Crippen LogP contribution in [-0.2, 0) is 19.1 Å². The molecule has 0 unspecified atom stereocenters. The molecule has 6 N–H and O–H groups in total. The third kappa shape index (κ3) is 4.38. The predicted molar refractivity (Wildman–Crippen MR) is 144 cm³/mol. The number of hydrogen-bond acceptors (Lipinski definition) is 11. The number of hydrogen-bond donors (Lipinski definition) is 6. The van der Waals surface area contributed by atoms with Crippen molar-refractivity contribution in [2.45, 2.75) is 57.7 Å². The molecule has 2 aliphatic heterocycles. The fourth-order valence-electron chi connectivity index (χ4n) is 5.56. The first-order chi connectivity index (χ1) is 19.5. The minimum atomic E-state index is -1.58. The minimum absolute atomic E-state index is 0.0577. The number of rotatable bonds is 7. The highest BCUT2D eigenvalue weighted by molar-refractivity contribution is 6.26. The summed E-state index contributed by atoms with van der Waals surface area (Å²) < 4.78 is 10.6. The van der Waals surface area contributed by atoms with Gasteiger partial charge in [-0.1, -0.05) is 39.2 Å². The number of unbranched alkanes of at least 4 members (excludes halogenated alkanes) is 4. The molecule has 5 rings (SSSR count). The molecule has 2 aromatic carbocycles. The first-order valence-corrected chi connectivity index (χ1v) is 13.2. The Bertz CT molecular complexity index is 1640. The van der Waals surface area contributed by atoms with Crippen LogP contribution < -0.4 is 0 Å². The largest absolute Gasteiger partial charge is 0.507 e. The van der Waals surface area contributed by atoms with Crippen LogP contribution in [0.3, 0.4) is 0 Å². The highest BCUT2D eigenvalue weighted by Gasteiger charge is 2.42. The van der Waals surface area contributed by atoms with E-state index in [1.54, 1.807) is 0 Å². The van der Waals surface area contributed by atoms with Crippen molar-refractivity contribution in [2.75, 3.05) is 0 Å². The second-order valence-corrected chi connectivity index (χ2v) is 10.2. The van der Waals surface area contributed by atoms with E-state index in [0.29, 0.717) is 6.42 Å². The van der Waals surface area contributed by atoms with Gasteiger partial charge in [-0.05, 0) is 25.0 Å². The quantitative estimate of drug-likeness (QED) is 0.204. The number of cyclic esters (lactones) is 2. The topological polar surface area (TPSA) is 191 Å². The summed E-state index contributed by atoms with van der Waals surface area (Å²) in [6, 6.07) is 2.01. The number of aliphatic hydroxyl groups is 3. The Balaban J connectivity index is 1.77. The van der Waals surface area contributed by atoms with E-state index in [2.05, 4.69) is 13.5 Å². The van der Waals surface area contributed by atoms with Gasteiger partial charge in [0.2, 0.25) is 0 Å². The van der Waals surface area contributed by atoms with E-state index in [4.69, 9.17) is 9.47 Å². The Morgan fingerprint density at radius 3 is 2.32 bits per heavy atom. The molecule has 11 heteroatoms. The molecule has 0 bridgehead atoms. The maximum atomic E-state index is 13.6. The number of carbonyl (C=O) groups excluding carboxylic acids is 3. The summed E-state index contributed by atoms with van der Waals surface area (Å²) in [5.41, 5.74) is -1.47. The molecule has 2 atom stereocenters. The van der Waals surface area contributed by atoms with E-state index in [-0.39, 0.29) is 50.8 Å². The van der Waals surface area contributed by atoms with Gasteiger partial charge in [-0.15, -0.1) is 0 Å². The van der Waals surface area contributed by atoms with Gasteiger partial charge in [-0.3, -0.25) is 4.79 Å². The maximum absolute atomic E-state index is 13.6. The van der Waals surface area contributed by atoms with Gasteiger partial charge in [-0.2, -0.15) is 0 Å². The van der Waals surface area contributed by atoms with E-state index in [1.807, 2.05) is 0 Å². The van der Waals surface area contributed by atoms with E-state index in [9.17, 15) is 45.0 Å². The lowest BCUT2D eigenvalue weighted by atomic mass is 9.81. The lowest BCUT2D eigenvalue weighted by Crippen LogP contribution is -2.32. The van der Waals surface area contributed by atoms with E-state index < -0.39 is 64.3 Å². The summed E-state index contributed by atoms with van der Waals surface area (Å²) in [6.07, 6.45) is 3.08. The highest BCUT2D eigenvalue weighted by Crippen LogP contribution is 2.50. The average molecular weight is 565 g/mol. The summed E-state index contributed by atoms with van der Waals surface area (Å²) >= 11 is 0. The van der Waals surface area contributed by atoms with Crippen LogP contribution in [0.5, 0.6) is 17.2 Å². The van der Waals surface area contributed by atoms with Crippen LogP contribution in [-0.4, -0.2) is 54.5 Å². The molecular formula is C30H28O11. The van der Waals surface area contributed by atoms with Crippen LogP contribution in [0.4, 0.5) is 0 Å². The standard InChI is InChI=1S/C30H28O11/c1-3-4-5-6-7-8-19-22-14(10-18(33)26(35)28(22)37)23(29(38)41-19)20-13-9-15-24(30(39)40-12(2)25(15)34)27(36)21(13)17(32)11-16(20)31/h9-11,19,25,31-34,36-37H,2-8H2,1H3/t19-,25+/m1/s1. The van der Waals surface area contributed by atoms with Crippen molar-refractivity contribution in [1.82, 2.24) is 0 Å². The van der Waals surface area contributed by atoms with Crippen LogP contribution in [0, 0.1) is 0 Å². The molecule has 11 nitrogen and oxygen atoms in total. The molecule has 0 aromatic heterocycles. The van der Waals surface area contributed by atoms with Crippen molar-refractivity contribution < 1.29 is 54.5 Å². The van der Waals surface area contributed by atoms with Crippen LogP contribution in [0.1, 0.15) is 73.0 Å². The monoisotopic (exact) mass is 564 g/mol. The SMILES string of the molecule is C=C1OC(=O)c2c(cc3c(C4=C5C=C(O)C(=O)C(O)=C5[C@@H](CCCCCCC)OC4=O)c(O)cc(O)c3c2O)[C@H]1O. The molecule has 41 heavy (non-hydrogen) atoms. The number of fused-ring (bicyclic) bond motifs is 3. The number of benzene rings is 2. The summed E-state index contributed by atoms with van der Waals surface area (Å²) in [4.78, 5) is 38.6. The van der Waals surface area contributed by atoms with Gasteiger partial charge in [-0.25, -0.2) is 9.59 Å². The maximum Gasteiger partial charge on any atom is 0.347 e. The Labute approximate surface area is 233 Å². The van der Waals surface area contributed by atoms with Crippen LogP contribution in [0.2, 0.25) is 0 Å². The van der Waals surface area contributed by atoms with Gasteiger partial charge in [0.05, 0.1) is 11.0 Å². The number of esters is 2. The molecule has 1 aliphatic carbocycles. The van der Waals surface area contributed by atoms with Gasteiger partial charge in [0, 0.05) is 33.7 Å². The minimum Gasteiger partial charge on any atom is -0.507 e. The zero-order valence-electron chi connectivity index (χ0n) is 22.1. The number of ketones is 1. The number of Topliss-reactive ketones (excluding diaryl/α,β-unsaturated/α-hetero) is 1. The van der Waals surface area contributed by atoms with E-state index >= 15 is 0 Å². The summed E-state index contributed by atoms with van der Waals surface area (Å²) in [5.74, 6) is -7.20. The summed E-state index contributed by atoms with van der Waals surface area (Å²) in [6.45, 7) is 5.55. The molecule has 3 aliphatic rings.